The van der Waals surface area contributed by atoms with Gasteiger partial charge in [-0.25, -0.2) is 0 Å². The van der Waals surface area contributed by atoms with Gasteiger partial charge in [0.05, 0.1) is 6.10 Å². The molecule has 550 valence electrons. The Morgan fingerprint density at radius 3 is 1.71 bits per heavy atom. The predicted molar refractivity (Wildman–Crippen MR) is 370 cm³/mol. The third kappa shape index (κ3) is 27.5. The third-order valence-electron chi connectivity index (χ3n) is 17.0. The lowest BCUT2D eigenvalue weighted by atomic mass is 10.00. The summed E-state index contributed by atoms with van der Waals surface area (Å²) in [5.41, 5.74) is 38.3. The lowest BCUT2D eigenvalue weighted by Gasteiger charge is -2.30. The zero-order valence-corrected chi connectivity index (χ0v) is 57.8. The molecule has 14 atom stereocenters. The first kappa shape index (κ1) is 82.8. The van der Waals surface area contributed by atoms with Crippen molar-refractivity contribution >= 4 is 81.9 Å². The number of esters is 1. The molecule has 4 rings (SSSR count). The van der Waals surface area contributed by atoms with E-state index in [9.17, 15) is 62.6 Å². The van der Waals surface area contributed by atoms with Crippen LogP contribution in [0.4, 0.5) is 0 Å². The average molecular weight is 1390 g/mol. The van der Waals surface area contributed by atoms with Gasteiger partial charge in [-0.2, -0.15) is 0 Å². The number of rotatable bonds is 33. The minimum Gasteiger partial charge on any atom is -0.459 e. The topological polar surface area (TPSA) is 539 Å². The van der Waals surface area contributed by atoms with Crippen LogP contribution in [0.2, 0.25) is 0 Å². The van der Waals surface area contributed by atoms with Gasteiger partial charge in [0.1, 0.15) is 72.6 Å². The second-order valence-corrected chi connectivity index (χ2v) is 25.6. The maximum Gasteiger partial charge on any atom is 0.323 e. The molecule has 0 spiro atoms. The summed E-state index contributed by atoms with van der Waals surface area (Å²) in [6, 6.07) is -0.782. The minimum absolute atomic E-state index is 0.00740. The highest BCUT2D eigenvalue weighted by Crippen LogP contribution is 2.20. The van der Waals surface area contributed by atoms with Gasteiger partial charge in [-0.15, -0.1) is 0 Å². The molecular formula is C67H108N18O14. The number of carbonyl (C=O) groups is 12. The number of hydrogen-bond donors (Lipinski definition) is 19. The molecule has 3 aromatic rings. The van der Waals surface area contributed by atoms with Crippen LogP contribution in [0.5, 0.6) is 0 Å². The van der Waals surface area contributed by atoms with Gasteiger partial charge in [0.25, 0.3) is 0 Å². The van der Waals surface area contributed by atoms with Gasteiger partial charge in [-0.1, -0.05) is 95.5 Å². The molecule has 1 saturated heterocycles. The van der Waals surface area contributed by atoms with Crippen LogP contribution < -0.4 is 92.9 Å². The Morgan fingerprint density at radius 2 is 1.13 bits per heavy atom. The first-order valence-corrected chi connectivity index (χ1v) is 34.2. The molecule has 1 aliphatic rings. The van der Waals surface area contributed by atoms with E-state index < -0.39 is 163 Å². The molecule has 99 heavy (non-hydrogen) atoms. The van der Waals surface area contributed by atoms with Crippen LogP contribution in [-0.2, 0) is 75.1 Å². The molecule has 2 aromatic carbocycles. The number of para-hydroxylation sites is 1. The predicted octanol–water partition coefficient (Wildman–Crippen LogP) is -3.64. The molecule has 0 radical (unpaired) electrons. The summed E-state index contributed by atoms with van der Waals surface area (Å²) in [5, 5.41) is 40.2. The van der Waals surface area contributed by atoms with Crippen LogP contribution in [0.25, 0.3) is 10.9 Å². The number of ether oxygens (including phenoxy) is 1. The Bertz CT molecular complexity index is 3140. The monoisotopic (exact) mass is 1390 g/mol. The third-order valence-corrected chi connectivity index (χ3v) is 17.0. The molecule has 2 heterocycles. The number of nitrogens with one attached hydrogen (secondary N) is 12. The van der Waals surface area contributed by atoms with Crippen molar-refractivity contribution < 1.29 is 67.4 Å². The van der Waals surface area contributed by atoms with Gasteiger partial charge >= 0.3 is 5.97 Å². The minimum atomic E-state index is -1.82. The maximum atomic E-state index is 14.8. The van der Waals surface area contributed by atoms with Gasteiger partial charge < -0.3 is 108 Å². The van der Waals surface area contributed by atoms with E-state index in [4.69, 9.17) is 39.1 Å². The number of unbranched alkanes of at least 4 members (excludes halogenated alkanes) is 1. The van der Waals surface area contributed by atoms with E-state index in [1.165, 1.54) is 13.8 Å². The summed E-state index contributed by atoms with van der Waals surface area (Å²) < 4.78 is 5.80. The van der Waals surface area contributed by atoms with Crippen molar-refractivity contribution in [2.45, 2.75) is 210 Å². The fraction of sp³-hybridized carbons (Fsp3) is 0.612. The quantitative estimate of drug-likeness (QED) is 0.0207. The van der Waals surface area contributed by atoms with Crippen LogP contribution in [0.1, 0.15) is 130 Å². The number of aromatic nitrogens is 1. The van der Waals surface area contributed by atoms with Crippen molar-refractivity contribution in [1.29, 1.82) is 0 Å². The largest absolute Gasteiger partial charge is 0.459 e. The van der Waals surface area contributed by atoms with E-state index in [-0.39, 0.29) is 96.4 Å². The van der Waals surface area contributed by atoms with E-state index in [0.29, 0.717) is 23.5 Å². The Morgan fingerprint density at radius 1 is 0.596 bits per heavy atom. The number of aliphatic hydroxyl groups is 1. The van der Waals surface area contributed by atoms with Crippen LogP contribution in [-0.4, -0.2) is 199 Å². The summed E-state index contributed by atoms with van der Waals surface area (Å²) in [7, 11) is 0. The second kappa shape index (κ2) is 43.0. The van der Waals surface area contributed by atoms with Gasteiger partial charge in [-0.3, -0.25) is 57.5 Å². The Balaban J connectivity index is 1.77. The zero-order valence-electron chi connectivity index (χ0n) is 57.8. The summed E-state index contributed by atoms with van der Waals surface area (Å²) in [6.07, 6.45) is 0.165. The molecule has 11 amide bonds. The second-order valence-electron chi connectivity index (χ2n) is 25.6. The summed E-state index contributed by atoms with van der Waals surface area (Å²) in [5.74, 6) is -10.8. The molecule has 32 heteroatoms. The number of nitrogens with two attached hydrogens (primary N) is 6. The first-order chi connectivity index (χ1) is 47.2. The van der Waals surface area contributed by atoms with E-state index in [1.54, 1.807) is 50.4 Å². The normalized spacial score (nSPS) is 21.6. The average Bonchev–Trinajstić information content (AvgIpc) is 1.76. The molecule has 1 fully saturated rings. The van der Waals surface area contributed by atoms with Gasteiger partial charge in [-0.05, 0) is 127 Å². The highest BCUT2D eigenvalue weighted by atomic mass is 16.5. The van der Waals surface area contributed by atoms with Crippen molar-refractivity contribution in [3.63, 3.8) is 0 Å². The summed E-state index contributed by atoms with van der Waals surface area (Å²) >= 11 is 0. The smallest absolute Gasteiger partial charge is 0.323 e. The Labute approximate surface area is 578 Å². The SMILES string of the molecule is CC[C@H](C)CCCCC(=O)N[C@@H](CCN)C(=O)N[C@H](C(=O)N[C@@H](CCN)C(=O)N[C@H]1CCNC(=O)[C@H]([C@@H](C)O)NC(=O)[C@H](CCN)NC(=O)[C@H](CCN)NC(=O)[C@H](CC(C)C)NC(=O)[C@@H](Cc2ccccc2)NC(=O)[C@H](CCN)NC1=O)[C@@H](C)OC(=O)[C@@H](N)Cc1c[nH]c2ccccc12. The van der Waals surface area contributed by atoms with E-state index in [1.807, 2.05) is 24.3 Å². The van der Waals surface area contributed by atoms with Crippen LogP contribution in [0.15, 0.2) is 60.8 Å². The van der Waals surface area contributed by atoms with E-state index in [2.05, 4.69) is 77.3 Å². The number of aliphatic hydroxyl groups excluding tert-OH is 1. The van der Waals surface area contributed by atoms with Gasteiger partial charge in [0.15, 0.2) is 0 Å². The van der Waals surface area contributed by atoms with Crippen molar-refractivity contribution in [2.24, 2.45) is 46.2 Å². The molecule has 0 bridgehead atoms. The van der Waals surface area contributed by atoms with Crippen LogP contribution in [0, 0.1) is 11.8 Å². The van der Waals surface area contributed by atoms with Crippen molar-refractivity contribution in [3.05, 3.63) is 71.9 Å². The summed E-state index contributed by atoms with van der Waals surface area (Å²) in [4.78, 5) is 174. The molecule has 0 unspecified atom stereocenters. The van der Waals surface area contributed by atoms with Crippen molar-refractivity contribution in [3.8, 4) is 0 Å². The number of benzene rings is 2. The van der Waals surface area contributed by atoms with Crippen molar-refractivity contribution in [2.75, 3.05) is 39.3 Å². The van der Waals surface area contributed by atoms with E-state index >= 15 is 0 Å². The summed E-state index contributed by atoms with van der Waals surface area (Å²) in [6.45, 7) is 8.86. The Hall–Kier alpha value is -8.66. The maximum absolute atomic E-state index is 14.8. The number of fused-ring (bicyclic) bond motifs is 1. The molecule has 0 aliphatic carbocycles. The highest BCUT2D eigenvalue weighted by molar-refractivity contribution is 5.99. The van der Waals surface area contributed by atoms with Crippen LogP contribution >= 0.6 is 0 Å². The fourth-order valence-electron chi connectivity index (χ4n) is 11.1. The lowest BCUT2D eigenvalue weighted by Crippen LogP contribution is -2.62. The standard InChI is InChI=1S/C67H108N18O14/c1-7-38(4)15-11-14-20-54(87)76-46(21-27-68)61(92)85-56(40(6)99-67(98)44(73)35-42-36-75-45-19-13-12-18-43(42)45)66(97)81-49(24-30-71)58(89)80-51-26-32-74-65(96)55(39(5)86)84-62(93)50(25-31-72)78-57(88)47(22-28-69)79-63(94)52(33-37(2)3)82-64(95)53(34-41-16-9-8-10-17-41)83-59(90)48(23-29-70)77-60(51)91/h8-10,12-13,16-19,36-40,44,46-53,55-56,75,86H,7,11,14-15,20-35,68-73H2,1-6H3,(H,74,96)(H,76,87)(H,77,91)(H,78,88)(H,79,94)(H,80,89)(H,81,97)(H,82,95)(H,83,90)(H,84,93)(H,85,92)/t38-,39+,40+,44-,46-,47-,48-,49-,50-,51-,52-,53+,55-,56-/m0/s1. The molecule has 1 aliphatic heterocycles. The highest BCUT2D eigenvalue weighted by Gasteiger charge is 2.39. The number of carbonyl (C=O) groups excluding carboxylic acids is 12. The number of hydrogen-bond acceptors (Lipinski definition) is 20. The number of amides is 11. The van der Waals surface area contributed by atoms with Crippen molar-refractivity contribution in [1.82, 2.24) is 63.5 Å². The first-order valence-electron chi connectivity index (χ1n) is 34.2. The lowest BCUT2D eigenvalue weighted by molar-refractivity contribution is -0.154. The molecule has 1 aromatic heterocycles. The zero-order chi connectivity index (χ0) is 73.3. The molecule has 32 nitrogen and oxygen atoms in total. The van der Waals surface area contributed by atoms with E-state index in [0.717, 1.165) is 30.2 Å². The Kier molecular flexibility index (Phi) is 35.9. The molecular weight excluding hydrogens is 1280 g/mol. The molecule has 25 N–H and O–H groups in total. The number of aromatic amines is 1. The molecule has 0 saturated carbocycles. The van der Waals surface area contributed by atoms with Crippen LogP contribution in [0.3, 0.4) is 0 Å². The van der Waals surface area contributed by atoms with Gasteiger partial charge in [0, 0.05) is 42.9 Å². The fourth-order valence-corrected chi connectivity index (χ4v) is 11.1. The van der Waals surface area contributed by atoms with Gasteiger partial charge in [0.2, 0.25) is 65.0 Å². The number of H-pyrrole nitrogens is 1.